The third kappa shape index (κ3) is 3.11. The molecule has 2 N–H and O–H groups in total. The lowest BCUT2D eigenvalue weighted by Crippen LogP contribution is -2.29. The largest absolute Gasteiger partial charge is 0.481 e. The van der Waals surface area contributed by atoms with Gasteiger partial charge in [-0.3, -0.25) is 14.4 Å². The van der Waals surface area contributed by atoms with E-state index in [0.29, 0.717) is 22.8 Å². The molecule has 6 nitrogen and oxygen atoms in total. The molecule has 7 heteroatoms. The molecule has 0 saturated carbocycles. The normalized spacial score (nSPS) is 18.4. The number of carbonyl (C=O) groups excluding carboxylic acids is 2. The number of nitrogens with zero attached hydrogens (tertiary/aromatic N) is 1. The van der Waals surface area contributed by atoms with E-state index in [1.165, 1.54) is 18.3 Å². The molecule has 1 aliphatic rings. The van der Waals surface area contributed by atoms with Crippen LogP contribution in [-0.2, 0) is 9.59 Å². The summed E-state index contributed by atoms with van der Waals surface area (Å²) in [5.41, 5.74) is 0. The van der Waals surface area contributed by atoms with Crippen molar-refractivity contribution in [1.29, 1.82) is 0 Å². The fourth-order valence-corrected chi connectivity index (χ4v) is 2.92. The Morgan fingerprint density at radius 3 is 2.74 bits per heavy atom. The predicted octanol–water partition coefficient (Wildman–Crippen LogP) is 1.25. The molecule has 1 saturated heterocycles. The van der Waals surface area contributed by atoms with Crippen LogP contribution in [-0.4, -0.2) is 40.9 Å². The van der Waals surface area contributed by atoms with E-state index < -0.39 is 11.9 Å². The first-order chi connectivity index (χ1) is 8.97. The van der Waals surface area contributed by atoms with E-state index in [-0.39, 0.29) is 18.4 Å². The van der Waals surface area contributed by atoms with Gasteiger partial charge in [0.25, 0.3) is 5.91 Å². The number of hydrogen-bond acceptors (Lipinski definition) is 4. The Bertz CT molecular complexity index is 526. The molecule has 2 rings (SSSR count). The summed E-state index contributed by atoms with van der Waals surface area (Å²) >= 11 is 1.20. The molecule has 2 amide bonds. The first-order valence-corrected chi connectivity index (χ1v) is 6.68. The Morgan fingerprint density at radius 2 is 2.16 bits per heavy atom. The van der Waals surface area contributed by atoms with Crippen molar-refractivity contribution in [3.05, 3.63) is 17.0 Å². The number of carboxylic acids is 1. The van der Waals surface area contributed by atoms with Crippen LogP contribution in [0.2, 0.25) is 0 Å². The average molecular weight is 282 g/mol. The number of likely N-dealkylation sites (tertiary alicyclic amines) is 1. The van der Waals surface area contributed by atoms with Crippen molar-refractivity contribution in [2.45, 2.75) is 13.3 Å². The molecule has 0 aliphatic carbocycles. The van der Waals surface area contributed by atoms with E-state index >= 15 is 0 Å². The monoisotopic (exact) mass is 282 g/mol. The second-order valence-electron chi connectivity index (χ2n) is 4.42. The van der Waals surface area contributed by atoms with Crippen molar-refractivity contribution in [1.82, 2.24) is 4.90 Å². The first-order valence-electron chi connectivity index (χ1n) is 5.87. The van der Waals surface area contributed by atoms with Crippen LogP contribution in [0.3, 0.4) is 0 Å². The second kappa shape index (κ2) is 5.40. The number of rotatable bonds is 3. The zero-order valence-corrected chi connectivity index (χ0v) is 11.2. The third-order valence-electron chi connectivity index (χ3n) is 2.94. The lowest BCUT2D eigenvalue weighted by molar-refractivity contribution is -0.141. The minimum Gasteiger partial charge on any atom is -0.481 e. The van der Waals surface area contributed by atoms with E-state index in [9.17, 15) is 14.4 Å². The highest BCUT2D eigenvalue weighted by molar-refractivity contribution is 7.18. The number of aliphatic carboxylic acids is 1. The topological polar surface area (TPSA) is 86.7 Å². The van der Waals surface area contributed by atoms with Crippen molar-refractivity contribution < 1.29 is 19.5 Å². The zero-order chi connectivity index (χ0) is 14.0. The molecular weight excluding hydrogens is 268 g/mol. The van der Waals surface area contributed by atoms with Gasteiger partial charge >= 0.3 is 5.97 Å². The van der Waals surface area contributed by atoms with Gasteiger partial charge in [0.2, 0.25) is 5.91 Å². The van der Waals surface area contributed by atoms with Crippen molar-refractivity contribution in [2.24, 2.45) is 5.92 Å². The van der Waals surface area contributed by atoms with Gasteiger partial charge in [0.1, 0.15) is 0 Å². The van der Waals surface area contributed by atoms with Gasteiger partial charge in [-0.2, -0.15) is 0 Å². The Morgan fingerprint density at radius 1 is 1.42 bits per heavy atom. The second-order valence-corrected chi connectivity index (χ2v) is 5.50. The smallest absolute Gasteiger partial charge is 0.308 e. The van der Waals surface area contributed by atoms with Crippen LogP contribution in [0.1, 0.15) is 23.0 Å². The maximum Gasteiger partial charge on any atom is 0.308 e. The molecule has 0 aromatic carbocycles. The maximum absolute atomic E-state index is 12.1. The molecule has 19 heavy (non-hydrogen) atoms. The van der Waals surface area contributed by atoms with Crippen LogP contribution in [0, 0.1) is 5.92 Å². The average Bonchev–Trinajstić information content (AvgIpc) is 2.95. The molecule has 102 valence electrons. The molecule has 1 fully saturated rings. The summed E-state index contributed by atoms with van der Waals surface area (Å²) in [5, 5.41) is 12.1. The minimum atomic E-state index is -0.861. The van der Waals surface area contributed by atoms with Gasteiger partial charge < -0.3 is 15.3 Å². The van der Waals surface area contributed by atoms with E-state index in [2.05, 4.69) is 5.32 Å². The Balaban J connectivity index is 2.02. The number of hydrogen-bond donors (Lipinski definition) is 2. The number of carboxylic acid groups (broad SMARTS) is 1. The van der Waals surface area contributed by atoms with Crippen LogP contribution in [0.25, 0.3) is 0 Å². The van der Waals surface area contributed by atoms with E-state index in [1.807, 2.05) is 0 Å². The summed E-state index contributed by atoms with van der Waals surface area (Å²) < 4.78 is 0. The lowest BCUT2D eigenvalue weighted by Gasteiger charge is -2.14. The van der Waals surface area contributed by atoms with Crippen molar-refractivity contribution in [3.63, 3.8) is 0 Å². The Hall–Kier alpha value is -1.89. The Labute approximate surface area is 114 Å². The number of amides is 2. The SMILES string of the molecule is CC(=O)Nc1ccc(C(=O)N2CCC(C(=O)O)C2)s1. The summed E-state index contributed by atoms with van der Waals surface area (Å²) in [4.78, 5) is 35.9. The fraction of sp³-hybridized carbons (Fsp3) is 0.417. The molecule has 1 aliphatic heterocycles. The summed E-state index contributed by atoms with van der Waals surface area (Å²) in [7, 11) is 0. The van der Waals surface area contributed by atoms with Gasteiger partial charge in [-0.25, -0.2) is 0 Å². The standard InChI is InChI=1S/C12H14N2O4S/c1-7(15)13-10-3-2-9(19-10)11(16)14-5-4-8(6-14)12(17)18/h2-3,8H,4-6H2,1H3,(H,13,15)(H,17,18). The van der Waals surface area contributed by atoms with Gasteiger partial charge in [0, 0.05) is 20.0 Å². The summed E-state index contributed by atoms with van der Waals surface area (Å²) in [6.07, 6.45) is 0.491. The van der Waals surface area contributed by atoms with E-state index in [1.54, 1.807) is 17.0 Å². The highest BCUT2D eigenvalue weighted by atomic mass is 32.1. The van der Waals surface area contributed by atoms with Crippen LogP contribution < -0.4 is 5.32 Å². The number of nitrogens with one attached hydrogen (secondary N) is 1. The number of anilines is 1. The van der Waals surface area contributed by atoms with Crippen LogP contribution in [0.4, 0.5) is 5.00 Å². The van der Waals surface area contributed by atoms with E-state index in [0.717, 1.165) is 0 Å². The number of thiophene rings is 1. The van der Waals surface area contributed by atoms with Gasteiger partial charge in [-0.15, -0.1) is 11.3 Å². The summed E-state index contributed by atoms with van der Waals surface area (Å²) in [6, 6.07) is 3.32. The molecule has 0 radical (unpaired) electrons. The molecule has 1 unspecified atom stereocenters. The molecule has 2 heterocycles. The molecule has 0 bridgehead atoms. The molecule has 1 atom stereocenters. The van der Waals surface area contributed by atoms with Crippen molar-refractivity contribution >= 4 is 34.1 Å². The lowest BCUT2D eigenvalue weighted by atomic mass is 10.1. The van der Waals surface area contributed by atoms with E-state index in [4.69, 9.17) is 5.11 Å². The first kappa shape index (κ1) is 13.5. The maximum atomic E-state index is 12.1. The highest BCUT2D eigenvalue weighted by Gasteiger charge is 2.31. The molecular formula is C12H14N2O4S. The van der Waals surface area contributed by atoms with Crippen molar-refractivity contribution in [3.8, 4) is 0 Å². The van der Waals surface area contributed by atoms with Gasteiger partial charge in [-0.1, -0.05) is 0 Å². The summed E-state index contributed by atoms with van der Waals surface area (Å²) in [5.74, 6) is -1.70. The molecule has 0 spiro atoms. The van der Waals surface area contributed by atoms with Gasteiger partial charge in [-0.05, 0) is 18.6 Å². The highest BCUT2D eigenvalue weighted by Crippen LogP contribution is 2.25. The van der Waals surface area contributed by atoms with Crippen molar-refractivity contribution in [2.75, 3.05) is 18.4 Å². The quantitative estimate of drug-likeness (QED) is 0.873. The van der Waals surface area contributed by atoms with Crippen LogP contribution >= 0.6 is 11.3 Å². The van der Waals surface area contributed by atoms with Crippen LogP contribution in [0.15, 0.2) is 12.1 Å². The van der Waals surface area contributed by atoms with Gasteiger partial charge in [0.15, 0.2) is 0 Å². The number of carbonyl (C=O) groups is 3. The van der Waals surface area contributed by atoms with Gasteiger partial charge in [0.05, 0.1) is 15.8 Å². The fourth-order valence-electron chi connectivity index (χ4n) is 2.00. The third-order valence-corrected chi connectivity index (χ3v) is 3.93. The zero-order valence-electron chi connectivity index (χ0n) is 10.4. The summed E-state index contributed by atoms with van der Waals surface area (Å²) in [6.45, 7) is 2.11. The van der Waals surface area contributed by atoms with Crippen LogP contribution in [0.5, 0.6) is 0 Å². The minimum absolute atomic E-state index is 0.176. The molecule has 1 aromatic heterocycles. The molecule has 1 aromatic rings. The Kier molecular flexibility index (Phi) is 3.84. The predicted molar refractivity (Wildman–Crippen MR) is 70.3 cm³/mol.